The average Bonchev–Trinajstić information content (AvgIpc) is 3.18. The molecule has 5 rings (SSSR count). The monoisotopic (exact) mass is 462 g/mol. The van der Waals surface area contributed by atoms with Crippen LogP contribution < -0.4 is 16.0 Å². The number of nitrogens with one attached hydrogen (secondary N) is 1. The zero-order chi connectivity index (χ0) is 19.8. The summed E-state index contributed by atoms with van der Waals surface area (Å²) in [6, 6.07) is 14.6. The molecule has 0 radical (unpaired) electrons. The van der Waals surface area contributed by atoms with Gasteiger partial charge >= 0.3 is 0 Å². The van der Waals surface area contributed by atoms with E-state index in [0.29, 0.717) is 6.01 Å². The van der Waals surface area contributed by atoms with Gasteiger partial charge in [-0.3, -0.25) is 4.79 Å². The second-order valence-electron chi connectivity index (χ2n) is 8.14. The minimum Gasteiger partial charge on any atom is -0.423 e. The standard InChI is InChI=1S/C23H26N4O2.2ClH/c24-17-8-9-18-16(14-17)4-3-6-19(18)25-22(28)15-10-12-27(13-11-15)23-26-20-5-1-2-7-21(20)29-23;;/h1-2,5,7-9,14-15,19H,3-4,6,10-13,24H2,(H,25,28);2*1H. The fraction of sp³-hybridized carbons (Fsp3) is 0.391. The summed E-state index contributed by atoms with van der Waals surface area (Å²) in [5, 5.41) is 3.30. The number of carbonyl (C=O) groups is 1. The predicted molar refractivity (Wildman–Crippen MR) is 128 cm³/mol. The van der Waals surface area contributed by atoms with Crippen molar-refractivity contribution in [2.45, 2.75) is 38.1 Å². The number of hydrogen-bond donors (Lipinski definition) is 2. The largest absolute Gasteiger partial charge is 0.423 e. The van der Waals surface area contributed by atoms with E-state index in [1.165, 1.54) is 11.1 Å². The number of amides is 1. The molecule has 0 saturated carbocycles. The number of oxazole rings is 1. The predicted octanol–water partition coefficient (Wildman–Crippen LogP) is 4.66. The van der Waals surface area contributed by atoms with Crippen molar-refractivity contribution < 1.29 is 9.21 Å². The molecule has 1 amide bonds. The molecule has 3 aromatic rings. The third-order valence-electron chi connectivity index (χ3n) is 6.22. The number of piperidine rings is 1. The molecule has 2 heterocycles. The van der Waals surface area contributed by atoms with E-state index in [9.17, 15) is 4.79 Å². The van der Waals surface area contributed by atoms with Crippen molar-refractivity contribution >= 4 is 53.5 Å². The highest BCUT2D eigenvalue weighted by atomic mass is 35.5. The van der Waals surface area contributed by atoms with E-state index in [-0.39, 0.29) is 42.7 Å². The van der Waals surface area contributed by atoms with Crippen molar-refractivity contribution in [2.24, 2.45) is 5.92 Å². The summed E-state index contributed by atoms with van der Waals surface area (Å²) >= 11 is 0. The van der Waals surface area contributed by atoms with Crippen molar-refractivity contribution in [1.82, 2.24) is 10.3 Å². The molecule has 1 saturated heterocycles. The number of rotatable bonds is 3. The molecular weight excluding hydrogens is 435 g/mol. The van der Waals surface area contributed by atoms with Gasteiger partial charge in [0.1, 0.15) is 5.52 Å². The molecule has 3 N–H and O–H groups in total. The summed E-state index contributed by atoms with van der Waals surface area (Å²) in [4.78, 5) is 19.7. The average molecular weight is 463 g/mol. The second kappa shape index (κ2) is 9.79. The molecule has 1 unspecified atom stereocenters. The minimum atomic E-state index is 0. The maximum Gasteiger partial charge on any atom is 0.298 e. The molecule has 1 aliphatic carbocycles. The number of anilines is 2. The Bertz CT molecular complexity index is 1010. The van der Waals surface area contributed by atoms with Gasteiger partial charge < -0.3 is 20.4 Å². The Morgan fingerprint density at radius 3 is 2.65 bits per heavy atom. The van der Waals surface area contributed by atoms with E-state index in [1.807, 2.05) is 36.4 Å². The molecule has 2 aromatic carbocycles. The van der Waals surface area contributed by atoms with Crippen LogP contribution in [0.25, 0.3) is 11.1 Å². The van der Waals surface area contributed by atoms with Gasteiger partial charge in [-0.2, -0.15) is 4.98 Å². The van der Waals surface area contributed by atoms with E-state index in [0.717, 1.165) is 62.0 Å². The van der Waals surface area contributed by atoms with Crippen LogP contribution in [0.3, 0.4) is 0 Å². The normalized spacial score (nSPS) is 18.6. The highest BCUT2D eigenvalue weighted by Crippen LogP contribution is 2.32. The van der Waals surface area contributed by atoms with Crippen molar-refractivity contribution in [3.05, 3.63) is 53.6 Å². The summed E-state index contributed by atoms with van der Waals surface area (Å²) in [7, 11) is 0. The Morgan fingerprint density at radius 1 is 1.10 bits per heavy atom. The molecule has 166 valence electrons. The van der Waals surface area contributed by atoms with Crippen LogP contribution in [-0.2, 0) is 11.2 Å². The number of para-hydroxylation sites is 2. The number of nitrogen functional groups attached to an aromatic ring is 1. The van der Waals surface area contributed by atoms with Gasteiger partial charge in [-0.15, -0.1) is 24.8 Å². The summed E-state index contributed by atoms with van der Waals surface area (Å²) in [6.45, 7) is 1.56. The Hall–Kier alpha value is -2.44. The van der Waals surface area contributed by atoms with Gasteiger partial charge in [0, 0.05) is 24.7 Å². The van der Waals surface area contributed by atoms with Crippen LogP contribution in [0.2, 0.25) is 0 Å². The molecule has 1 aliphatic heterocycles. The number of nitrogens with zero attached hydrogens (tertiary/aromatic N) is 2. The van der Waals surface area contributed by atoms with Gasteiger partial charge in [-0.05, 0) is 67.5 Å². The van der Waals surface area contributed by atoms with E-state index in [1.54, 1.807) is 0 Å². The highest BCUT2D eigenvalue weighted by molar-refractivity contribution is 5.85. The van der Waals surface area contributed by atoms with Gasteiger partial charge in [0.05, 0.1) is 6.04 Å². The second-order valence-corrected chi connectivity index (χ2v) is 8.14. The molecule has 2 aliphatic rings. The van der Waals surface area contributed by atoms with Gasteiger partial charge in [-0.1, -0.05) is 18.2 Å². The van der Waals surface area contributed by atoms with E-state index < -0.39 is 0 Å². The first-order valence-corrected chi connectivity index (χ1v) is 10.5. The Balaban J connectivity index is 0.00000136. The van der Waals surface area contributed by atoms with E-state index >= 15 is 0 Å². The molecule has 1 fully saturated rings. The van der Waals surface area contributed by atoms with Crippen molar-refractivity contribution in [3.8, 4) is 0 Å². The van der Waals surface area contributed by atoms with Gasteiger partial charge in [0.25, 0.3) is 6.01 Å². The lowest BCUT2D eigenvalue weighted by atomic mass is 9.86. The molecule has 1 aromatic heterocycles. The first-order valence-electron chi connectivity index (χ1n) is 10.5. The van der Waals surface area contributed by atoms with Crippen LogP contribution >= 0.6 is 24.8 Å². The van der Waals surface area contributed by atoms with Gasteiger partial charge in [0.15, 0.2) is 5.58 Å². The van der Waals surface area contributed by atoms with Gasteiger partial charge in [0.2, 0.25) is 5.91 Å². The summed E-state index contributed by atoms with van der Waals surface area (Å²) in [5.74, 6) is 0.201. The quantitative estimate of drug-likeness (QED) is 0.552. The van der Waals surface area contributed by atoms with Crippen LogP contribution in [0.5, 0.6) is 0 Å². The molecule has 6 nitrogen and oxygen atoms in total. The zero-order valence-corrected chi connectivity index (χ0v) is 18.9. The van der Waals surface area contributed by atoms with Crippen LogP contribution in [-0.4, -0.2) is 24.0 Å². The van der Waals surface area contributed by atoms with E-state index in [2.05, 4.69) is 21.3 Å². The Kier molecular flexibility index (Phi) is 7.34. The topological polar surface area (TPSA) is 84.4 Å². The van der Waals surface area contributed by atoms with Crippen LogP contribution in [0.15, 0.2) is 46.9 Å². The third kappa shape index (κ3) is 4.75. The minimum absolute atomic E-state index is 0. The first kappa shape index (κ1) is 23.2. The number of nitrogens with two attached hydrogens (primary N) is 1. The Morgan fingerprint density at radius 2 is 1.87 bits per heavy atom. The highest BCUT2D eigenvalue weighted by Gasteiger charge is 2.30. The number of hydrogen-bond acceptors (Lipinski definition) is 5. The molecular formula is C23H28Cl2N4O2. The van der Waals surface area contributed by atoms with Crippen molar-refractivity contribution in [3.63, 3.8) is 0 Å². The molecule has 1 atom stereocenters. The number of halogens is 2. The summed E-state index contributed by atoms with van der Waals surface area (Å²) in [5.41, 5.74) is 10.9. The maximum absolute atomic E-state index is 12.9. The smallest absolute Gasteiger partial charge is 0.298 e. The zero-order valence-electron chi connectivity index (χ0n) is 17.3. The number of benzene rings is 2. The fourth-order valence-corrected chi connectivity index (χ4v) is 4.60. The first-order chi connectivity index (χ1) is 14.2. The third-order valence-corrected chi connectivity index (χ3v) is 6.22. The number of fused-ring (bicyclic) bond motifs is 2. The summed E-state index contributed by atoms with van der Waals surface area (Å²) < 4.78 is 5.88. The maximum atomic E-state index is 12.9. The van der Waals surface area contributed by atoms with Crippen LogP contribution in [0, 0.1) is 5.92 Å². The molecule has 8 heteroatoms. The molecule has 31 heavy (non-hydrogen) atoms. The SMILES string of the molecule is Cl.Cl.Nc1ccc2c(c1)CCCC2NC(=O)C1CCN(c2nc3ccccc3o2)CC1. The number of aryl methyl sites for hydroxylation is 1. The van der Waals surface area contributed by atoms with Crippen molar-refractivity contribution in [1.29, 1.82) is 0 Å². The Labute approximate surface area is 194 Å². The molecule has 0 spiro atoms. The number of aromatic nitrogens is 1. The fourth-order valence-electron chi connectivity index (χ4n) is 4.60. The van der Waals surface area contributed by atoms with Crippen LogP contribution in [0.1, 0.15) is 42.9 Å². The van der Waals surface area contributed by atoms with E-state index in [4.69, 9.17) is 10.2 Å². The summed E-state index contributed by atoms with van der Waals surface area (Å²) in [6.07, 6.45) is 4.73. The van der Waals surface area contributed by atoms with Crippen LogP contribution in [0.4, 0.5) is 11.7 Å². The van der Waals surface area contributed by atoms with Gasteiger partial charge in [-0.25, -0.2) is 0 Å². The lowest BCUT2D eigenvalue weighted by Gasteiger charge is -2.32. The van der Waals surface area contributed by atoms with Crippen molar-refractivity contribution in [2.75, 3.05) is 23.7 Å². The number of carbonyl (C=O) groups excluding carboxylic acids is 1. The lowest BCUT2D eigenvalue weighted by molar-refractivity contribution is -0.126. The lowest BCUT2D eigenvalue weighted by Crippen LogP contribution is -2.42. The molecule has 0 bridgehead atoms.